The minimum atomic E-state index is 0.187. The molecule has 0 aromatic carbocycles. The molecule has 1 aromatic heterocycles. The van der Waals surface area contributed by atoms with Gasteiger partial charge in [-0.25, -0.2) is 9.97 Å². The van der Waals surface area contributed by atoms with Crippen molar-refractivity contribution < 1.29 is 9.84 Å². The summed E-state index contributed by atoms with van der Waals surface area (Å²) in [5.41, 5.74) is 0. The molecule has 0 saturated carbocycles. The molecule has 1 unspecified atom stereocenters. The summed E-state index contributed by atoms with van der Waals surface area (Å²) < 4.78 is 5.98. The maximum Gasteiger partial charge on any atom is 0.134 e. The van der Waals surface area contributed by atoms with Crippen LogP contribution in [-0.4, -0.2) is 60.1 Å². The summed E-state index contributed by atoms with van der Waals surface area (Å²) in [6, 6.07) is 2.27. The fourth-order valence-corrected chi connectivity index (χ4v) is 3.74. The molecule has 0 bridgehead atoms. The molecule has 2 aliphatic rings. The van der Waals surface area contributed by atoms with Gasteiger partial charge in [-0.3, -0.25) is 0 Å². The summed E-state index contributed by atoms with van der Waals surface area (Å²) in [5, 5.41) is 9.65. The van der Waals surface area contributed by atoms with Gasteiger partial charge in [0, 0.05) is 32.3 Å². The molecule has 0 aliphatic carbocycles. The monoisotopic (exact) mass is 348 g/mol. The molecule has 1 atom stereocenters. The van der Waals surface area contributed by atoms with Gasteiger partial charge in [0.1, 0.15) is 18.0 Å². The van der Waals surface area contributed by atoms with Gasteiger partial charge >= 0.3 is 0 Å². The Bertz CT molecular complexity index is 532. The van der Waals surface area contributed by atoms with Crippen molar-refractivity contribution >= 4 is 11.6 Å². The summed E-state index contributed by atoms with van der Waals surface area (Å²) in [4.78, 5) is 13.5. The Labute approximate surface area is 151 Å². The molecule has 0 spiro atoms. The number of aliphatic hydroxyl groups is 1. The highest BCUT2D eigenvalue weighted by Gasteiger charge is 2.25. The van der Waals surface area contributed by atoms with Crippen LogP contribution >= 0.6 is 0 Å². The van der Waals surface area contributed by atoms with E-state index in [1.807, 2.05) is 0 Å². The predicted octanol–water partition coefficient (Wildman–Crippen LogP) is 2.47. The molecule has 140 valence electrons. The summed E-state index contributed by atoms with van der Waals surface area (Å²) in [6.45, 7) is 8.34. The molecule has 1 N–H and O–H groups in total. The van der Waals surface area contributed by atoms with E-state index in [1.54, 1.807) is 6.33 Å². The Morgan fingerprint density at radius 2 is 1.88 bits per heavy atom. The van der Waals surface area contributed by atoms with Crippen LogP contribution in [0.5, 0.6) is 0 Å². The third-order valence-electron chi connectivity index (χ3n) is 5.20. The van der Waals surface area contributed by atoms with E-state index >= 15 is 0 Å². The molecule has 6 heteroatoms. The number of aromatic nitrogens is 2. The number of hydrogen-bond acceptors (Lipinski definition) is 6. The van der Waals surface area contributed by atoms with Crippen LogP contribution in [-0.2, 0) is 4.74 Å². The molecule has 2 aliphatic heterocycles. The minimum Gasteiger partial charge on any atom is -0.394 e. The normalized spacial score (nSPS) is 22.6. The van der Waals surface area contributed by atoms with E-state index in [-0.39, 0.29) is 12.6 Å². The summed E-state index contributed by atoms with van der Waals surface area (Å²) in [5.74, 6) is 2.53. The SMILES string of the molecule is CC(C)COC1CCN(c2cc(N3CCCCC3CO)ncn2)CC1. The number of hydrogen-bond donors (Lipinski definition) is 1. The Morgan fingerprint density at radius 1 is 1.12 bits per heavy atom. The van der Waals surface area contributed by atoms with E-state index in [0.29, 0.717) is 12.0 Å². The van der Waals surface area contributed by atoms with E-state index in [9.17, 15) is 5.11 Å². The molecule has 0 amide bonds. The lowest BCUT2D eigenvalue weighted by Crippen LogP contribution is -2.42. The van der Waals surface area contributed by atoms with Gasteiger partial charge in [-0.2, -0.15) is 0 Å². The van der Waals surface area contributed by atoms with Crippen molar-refractivity contribution in [2.24, 2.45) is 5.92 Å². The standard InChI is InChI=1S/C19H32N4O2/c1-15(2)13-25-17-6-9-22(10-7-17)18-11-19(21-14-20-18)23-8-4-3-5-16(23)12-24/h11,14-17,24H,3-10,12-13H2,1-2H3. The fraction of sp³-hybridized carbons (Fsp3) is 0.789. The third kappa shape index (κ3) is 4.82. The number of rotatable bonds is 6. The number of nitrogens with zero attached hydrogens (tertiary/aromatic N) is 4. The highest BCUT2D eigenvalue weighted by atomic mass is 16.5. The lowest BCUT2D eigenvalue weighted by atomic mass is 10.0. The van der Waals surface area contributed by atoms with Crippen molar-refractivity contribution in [3.63, 3.8) is 0 Å². The van der Waals surface area contributed by atoms with Crippen LogP contribution in [0.15, 0.2) is 12.4 Å². The van der Waals surface area contributed by atoms with Gasteiger partial charge in [-0.15, -0.1) is 0 Å². The van der Waals surface area contributed by atoms with Gasteiger partial charge in [0.05, 0.1) is 18.8 Å². The predicted molar refractivity (Wildman–Crippen MR) is 100 cm³/mol. The van der Waals surface area contributed by atoms with Gasteiger partial charge in [-0.05, 0) is 38.0 Å². The van der Waals surface area contributed by atoms with Crippen LogP contribution in [0.25, 0.3) is 0 Å². The Kier molecular flexibility index (Phi) is 6.48. The number of piperidine rings is 2. The van der Waals surface area contributed by atoms with Gasteiger partial charge in [0.25, 0.3) is 0 Å². The first kappa shape index (κ1) is 18.4. The average molecular weight is 348 g/mol. The molecule has 3 rings (SSSR count). The van der Waals surface area contributed by atoms with Crippen molar-refractivity contribution in [2.75, 3.05) is 42.6 Å². The number of aliphatic hydroxyl groups excluding tert-OH is 1. The summed E-state index contributed by atoms with van der Waals surface area (Å²) in [7, 11) is 0. The number of anilines is 2. The first-order valence-corrected chi connectivity index (χ1v) is 9.73. The largest absolute Gasteiger partial charge is 0.394 e. The molecular weight excluding hydrogens is 316 g/mol. The first-order valence-electron chi connectivity index (χ1n) is 9.73. The molecule has 6 nitrogen and oxygen atoms in total. The Balaban J connectivity index is 1.60. The van der Waals surface area contributed by atoms with Crippen molar-refractivity contribution in [1.82, 2.24) is 9.97 Å². The van der Waals surface area contributed by atoms with Crippen molar-refractivity contribution in [1.29, 1.82) is 0 Å². The first-order chi connectivity index (χ1) is 12.2. The lowest BCUT2D eigenvalue weighted by Gasteiger charge is -2.36. The molecular formula is C19H32N4O2. The van der Waals surface area contributed by atoms with Crippen molar-refractivity contribution in [3.05, 3.63) is 12.4 Å². The minimum absolute atomic E-state index is 0.187. The zero-order valence-corrected chi connectivity index (χ0v) is 15.6. The molecule has 1 aromatic rings. The highest BCUT2D eigenvalue weighted by molar-refractivity contribution is 5.51. The zero-order valence-electron chi connectivity index (χ0n) is 15.6. The Morgan fingerprint density at radius 3 is 2.60 bits per heavy atom. The summed E-state index contributed by atoms with van der Waals surface area (Å²) >= 11 is 0. The zero-order chi connectivity index (χ0) is 17.6. The van der Waals surface area contributed by atoms with E-state index in [0.717, 1.165) is 63.6 Å². The highest BCUT2D eigenvalue weighted by Crippen LogP contribution is 2.26. The van der Waals surface area contributed by atoms with Crippen molar-refractivity contribution in [3.8, 4) is 0 Å². The summed E-state index contributed by atoms with van der Waals surface area (Å²) in [6.07, 6.45) is 7.52. The van der Waals surface area contributed by atoms with Gasteiger partial charge < -0.3 is 19.6 Å². The van der Waals surface area contributed by atoms with E-state index in [4.69, 9.17) is 4.74 Å². The molecule has 2 fully saturated rings. The van der Waals surface area contributed by atoms with Gasteiger partial charge in [0.15, 0.2) is 0 Å². The maximum atomic E-state index is 9.65. The van der Waals surface area contributed by atoms with Crippen LogP contribution in [0.2, 0.25) is 0 Å². The van der Waals surface area contributed by atoms with Crippen molar-refractivity contribution in [2.45, 2.75) is 58.1 Å². The second-order valence-electron chi connectivity index (χ2n) is 7.67. The smallest absolute Gasteiger partial charge is 0.134 e. The molecule has 3 heterocycles. The second kappa shape index (κ2) is 8.81. The van der Waals surface area contributed by atoms with E-state index in [1.165, 1.54) is 6.42 Å². The topological polar surface area (TPSA) is 61.7 Å². The Hall–Kier alpha value is -1.40. The second-order valence-corrected chi connectivity index (χ2v) is 7.67. The van der Waals surface area contributed by atoms with E-state index in [2.05, 4.69) is 39.7 Å². The molecule has 2 saturated heterocycles. The van der Waals surface area contributed by atoms with Crippen LogP contribution < -0.4 is 9.80 Å². The van der Waals surface area contributed by atoms with Gasteiger partial charge in [0.2, 0.25) is 0 Å². The lowest BCUT2D eigenvalue weighted by molar-refractivity contribution is 0.0214. The number of ether oxygens (including phenoxy) is 1. The van der Waals surface area contributed by atoms with Crippen LogP contribution in [0.3, 0.4) is 0 Å². The molecule has 25 heavy (non-hydrogen) atoms. The third-order valence-corrected chi connectivity index (χ3v) is 5.20. The maximum absolute atomic E-state index is 9.65. The van der Waals surface area contributed by atoms with E-state index < -0.39 is 0 Å². The van der Waals surface area contributed by atoms with Crippen LogP contribution in [0.4, 0.5) is 11.6 Å². The van der Waals surface area contributed by atoms with Gasteiger partial charge in [-0.1, -0.05) is 13.8 Å². The van der Waals surface area contributed by atoms with Crippen LogP contribution in [0.1, 0.15) is 46.0 Å². The fourth-order valence-electron chi connectivity index (χ4n) is 3.74. The average Bonchev–Trinajstić information content (AvgIpc) is 2.67. The quantitative estimate of drug-likeness (QED) is 0.852. The van der Waals surface area contributed by atoms with Crippen LogP contribution in [0, 0.1) is 5.92 Å². The molecule has 0 radical (unpaired) electrons.